The summed E-state index contributed by atoms with van der Waals surface area (Å²) in [7, 11) is 0. The number of hydrogen-bond donors (Lipinski definition) is 2. The molecule has 0 aliphatic rings. The number of thiophene rings is 1. The van der Waals surface area contributed by atoms with Crippen molar-refractivity contribution in [2.45, 2.75) is 20.4 Å². The van der Waals surface area contributed by atoms with E-state index < -0.39 is 11.2 Å². The first kappa shape index (κ1) is 21.3. The zero-order valence-electron chi connectivity index (χ0n) is 16.9. The first-order valence-corrected chi connectivity index (χ1v) is 10.4. The van der Waals surface area contributed by atoms with Crippen molar-refractivity contribution in [3.05, 3.63) is 85.2 Å². The number of amides is 1. The van der Waals surface area contributed by atoms with Crippen LogP contribution in [-0.4, -0.2) is 22.0 Å². The van der Waals surface area contributed by atoms with Gasteiger partial charge in [0.25, 0.3) is 11.5 Å². The molecular formula is C22H24N4O3S. The Morgan fingerprint density at radius 3 is 2.57 bits per heavy atom. The molecule has 3 rings (SSSR count). The highest BCUT2D eigenvalue weighted by atomic mass is 32.1. The van der Waals surface area contributed by atoms with Crippen LogP contribution in [0, 0.1) is 5.92 Å². The molecule has 3 aromatic rings. The number of anilines is 2. The standard InChI is InChI=1S/C22H24N4O3S/c1-15(2)13-25(18(27)11-10-17-9-6-12-30-17)19-20(23)26(22(29)24-21(19)28)14-16-7-4-3-5-8-16/h3-12,15H,13-14,23H2,1-2H3,(H,24,28,29)/b11-10-. The Morgan fingerprint density at radius 1 is 1.20 bits per heavy atom. The zero-order chi connectivity index (χ0) is 21.7. The van der Waals surface area contributed by atoms with Crippen LogP contribution in [0.3, 0.4) is 0 Å². The smallest absolute Gasteiger partial charge is 0.330 e. The van der Waals surface area contributed by atoms with Crippen LogP contribution in [-0.2, 0) is 11.3 Å². The third-order valence-electron chi connectivity index (χ3n) is 4.41. The lowest BCUT2D eigenvalue weighted by molar-refractivity contribution is -0.114. The number of rotatable bonds is 7. The van der Waals surface area contributed by atoms with Crippen LogP contribution in [0.4, 0.5) is 11.5 Å². The van der Waals surface area contributed by atoms with Crippen LogP contribution in [0.2, 0.25) is 0 Å². The minimum atomic E-state index is -0.680. The molecule has 0 saturated carbocycles. The lowest BCUT2D eigenvalue weighted by Crippen LogP contribution is -2.42. The number of nitrogens with two attached hydrogens (primary N) is 1. The third kappa shape index (κ3) is 4.96. The van der Waals surface area contributed by atoms with E-state index in [2.05, 4.69) is 4.98 Å². The minimum absolute atomic E-state index is 0.0138. The van der Waals surface area contributed by atoms with Crippen molar-refractivity contribution in [2.24, 2.45) is 5.92 Å². The first-order chi connectivity index (χ1) is 14.4. The van der Waals surface area contributed by atoms with Crippen LogP contribution in [0.25, 0.3) is 6.08 Å². The first-order valence-electron chi connectivity index (χ1n) is 9.56. The summed E-state index contributed by atoms with van der Waals surface area (Å²) in [6.45, 7) is 4.34. The highest BCUT2D eigenvalue weighted by Gasteiger charge is 2.23. The Balaban J connectivity index is 2.04. The topological polar surface area (TPSA) is 101 Å². The fourth-order valence-corrected chi connectivity index (χ4v) is 3.67. The number of nitrogens with zero attached hydrogens (tertiary/aromatic N) is 2. The quantitative estimate of drug-likeness (QED) is 0.570. The Kier molecular flexibility index (Phi) is 6.68. The van der Waals surface area contributed by atoms with Gasteiger partial charge in [0.05, 0.1) is 6.54 Å². The highest BCUT2D eigenvalue weighted by Crippen LogP contribution is 2.20. The average Bonchev–Trinajstić information content (AvgIpc) is 3.22. The molecule has 0 fully saturated rings. The number of H-pyrrole nitrogens is 1. The summed E-state index contributed by atoms with van der Waals surface area (Å²) in [4.78, 5) is 42.6. The molecule has 0 aliphatic carbocycles. The summed E-state index contributed by atoms with van der Waals surface area (Å²) in [5.41, 5.74) is 5.81. The Bertz CT molecular complexity index is 1150. The lowest BCUT2D eigenvalue weighted by atomic mass is 10.2. The van der Waals surface area contributed by atoms with Gasteiger partial charge in [-0.05, 0) is 29.0 Å². The molecule has 0 saturated heterocycles. The fraction of sp³-hybridized carbons (Fsp3) is 0.227. The van der Waals surface area contributed by atoms with Gasteiger partial charge in [-0.3, -0.25) is 19.1 Å². The van der Waals surface area contributed by atoms with E-state index in [0.29, 0.717) is 0 Å². The summed E-state index contributed by atoms with van der Waals surface area (Å²) in [6, 6.07) is 13.1. The minimum Gasteiger partial charge on any atom is -0.383 e. The van der Waals surface area contributed by atoms with Crippen LogP contribution in [0.15, 0.2) is 63.5 Å². The van der Waals surface area contributed by atoms with E-state index in [9.17, 15) is 14.4 Å². The summed E-state index contributed by atoms with van der Waals surface area (Å²) in [5.74, 6) is -0.331. The van der Waals surface area contributed by atoms with Gasteiger partial charge in [-0.1, -0.05) is 50.2 Å². The molecule has 1 amide bonds. The van der Waals surface area contributed by atoms with Crippen molar-refractivity contribution in [1.82, 2.24) is 9.55 Å². The molecule has 30 heavy (non-hydrogen) atoms. The fourth-order valence-electron chi connectivity index (χ4n) is 3.05. The molecule has 156 valence electrons. The van der Waals surface area contributed by atoms with Crippen molar-refractivity contribution in [2.75, 3.05) is 17.2 Å². The van der Waals surface area contributed by atoms with Gasteiger partial charge in [-0.15, -0.1) is 11.3 Å². The maximum atomic E-state index is 13.0. The molecule has 0 spiro atoms. The molecule has 0 radical (unpaired) electrons. The SMILES string of the molecule is CC(C)CN(C(=O)/C=C\c1cccs1)c1c(N)n(Cc2ccccc2)c(=O)[nH]c1=O. The van der Waals surface area contributed by atoms with Crippen molar-refractivity contribution in [1.29, 1.82) is 0 Å². The summed E-state index contributed by atoms with van der Waals surface area (Å²) >= 11 is 1.50. The van der Waals surface area contributed by atoms with E-state index in [1.807, 2.05) is 61.7 Å². The Hall–Kier alpha value is -3.39. The van der Waals surface area contributed by atoms with Gasteiger partial charge >= 0.3 is 5.69 Å². The monoisotopic (exact) mass is 424 g/mol. The van der Waals surface area contributed by atoms with Crippen molar-refractivity contribution in [3.8, 4) is 0 Å². The summed E-state index contributed by atoms with van der Waals surface area (Å²) in [5, 5.41) is 1.91. The molecule has 8 heteroatoms. The number of nitrogens with one attached hydrogen (secondary N) is 1. The zero-order valence-corrected chi connectivity index (χ0v) is 17.7. The van der Waals surface area contributed by atoms with Crippen molar-refractivity contribution in [3.63, 3.8) is 0 Å². The average molecular weight is 425 g/mol. The molecule has 3 N–H and O–H groups in total. The highest BCUT2D eigenvalue weighted by molar-refractivity contribution is 7.10. The number of aromatic nitrogens is 2. The van der Waals surface area contributed by atoms with Crippen LogP contribution in [0.5, 0.6) is 0 Å². The van der Waals surface area contributed by atoms with Gasteiger partial charge in [0.1, 0.15) is 5.82 Å². The van der Waals surface area contributed by atoms with E-state index in [-0.39, 0.29) is 36.4 Å². The second-order valence-electron chi connectivity index (χ2n) is 7.26. The molecule has 2 aromatic heterocycles. The Morgan fingerprint density at radius 2 is 1.93 bits per heavy atom. The number of nitrogen functional groups attached to an aromatic ring is 1. The normalized spacial score (nSPS) is 11.3. The Labute approximate surface area is 178 Å². The number of hydrogen-bond acceptors (Lipinski definition) is 5. The lowest BCUT2D eigenvalue weighted by Gasteiger charge is -2.25. The van der Waals surface area contributed by atoms with Gasteiger partial charge in [-0.2, -0.15) is 0 Å². The predicted octanol–water partition coefficient (Wildman–Crippen LogP) is 2.93. The molecule has 0 bridgehead atoms. The van der Waals surface area contributed by atoms with Gasteiger partial charge < -0.3 is 10.6 Å². The molecule has 2 heterocycles. The second kappa shape index (κ2) is 9.41. The number of carbonyl (C=O) groups excluding carboxylic acids is 1. The van der Waals surface area contributed by atoms with E-state index in [1.54, 1.807) is 6.08 Å². The maximum Gasteiger partial charge on any atom is 0.330 e. The largest absolute Gasteiger partial charge is 0.383 e. The van der Waals surface area contributed by atoms with Gasteiger partial charge in [0, 0.05) is 17.5 Å². The van der Waals surface area contributed by atoms with Crippen molar-refractivity contribution < 1.29 is 4.79 Å². The molecule has 7 nitrogen and oxygen atoms in total. The van der Waals surface area contributed by atoms with E-state index >= 15 is 0 Å². The molecule has 1 aromatic carbocycles. The number of aromatic amines is 1. The van der Waals surface area contributed by atoms with Crippen LogP contribution >= 0.6 is 11.3 Å². The summed E-state index contributed by atoms with van der Waals surface area (Å²) in [6.07, 6.45) is 3.12. The summed E-state index contributed by atoms with van der Waals surface area (Å²) < 4.78 is 1.27. The van der Waals surface area contributed by atoms with E-state index in [1.165, 1.54) is 26.9 Å². The number of carbonyl (C=O) groups is 1. The van der Waals surface area contributed by atoms with E-state index in [0.717, 1.165) is 10.4 Å². The molecule has 0 aliphatic heterocycles. The van der Waals surface area contributed by atoms with Gasteiger partial charge in [0.2, 0.25) is 0 Å². The number of benzene rings is 1. The molecular weight excluding hydrogens is 400 g/mol. The third-order valence-corrected chi connectivity index (χ3v) is 5.25. The van der Waals surface area contributed by atoms with Gasteiger partial charge in [0.15, 0.2) is 5.69 Å². The van der Waals surface area contributed by atoms with Crippen LogP contribution in [0.1, 0.15) is 24.3 Å². The maximum absolute atomic E-state index is 13.0. The van der Waals surface area contributed by atoms with E-state index in [4.69, 9.17) is 5.73 Å². The van der Waals surface area contributed by atoms with Gasteiger partial charge in [-0.25, -0.2) is 4.79 Å². The second-order valence-corrected chi connectivity index (χ2v) is 8.24. The van der Waals surface area contributed by atoms with Crippen LogP contribution < -0.4 is 21.9 Å². The predicted molar refractivity (Wildman–Crippen MR) is 122 cm³/mol. The molecule has 0 unspecified atom stereocenters. The molecule has 0 atom stereocenters. The van der Waals surface area contributed by atoms with Crippen molar-refractivity contribution >= 4 is 34.8 Å².